The molecule has 0 bridgehead atoms. The largest absolute Gasteiger partial charge is 0.444 e. The standard InChI is InChI=1S/C15H24N2O3/c1-9-7-12(10-5-6-10)17-13(18)11(9)8-16-14(19)20-15(2,3)4/h10,13,18H,5-8H2,1-4H3,(H,16,19). The maximum Gasteiger partial charge on any atom is 0.407 e. The minimum Gasteiger partial charge on any atom is -0.444 e. The number of alkyl carbamates (subject to hydrolysis) is 1. The summed E-state index contributed by atoms with van der Waals surface area (Å²) in [7, 11) is 0. The van der Waals surface area contributed by atoms with Crippen molar-refractivity contribution in [1.29, 1.82) is 0 Å². The van der Waals surface area contributed by atoms with E-state index in [1.807, 2.05) is 27.7 Å². The van der Waals surface area contributed by atoms with E-state index in [-0.39, 0.29) is 6.54 Å². The van der Waals surface area contributed by atoms with E-state index in [1.165, 1.54) is 12.8 Å². The highest BCUT2D eigenvalue weighted by Gasteiger charge is 2.31. The number of aliphatic hydroxyl groups excluding tert-OH is 1. The van der Waals surface area contributed by atoms with Crippen molar-refractivity contribution < 1.29 is 14.6 Å². The van der Waals surface area contributed by atoms with Crippen molar-refractivity contribution in [2.75, 3.05) is 6.54 Å². The molecule has 5 heteroatoms. The Morgan fingerprint density at radius 1 is 1.45 bits per heavy atom. The molecule has 1 amide bonds. The Labute approximate surface area is 120 Å². The topological polar surface area (TPSA) is 70.9 Å². The van der Waals surface area contributed by atoms with Gasteiger partial charge in [0.1, 0.15) is 5.60 Å². The molecule has 1 heterocycles. The summed E-state index contributed by atoms with van der Waals surface area (Å²) in [6.07, 6.45) is 1.89. The Morgan fingerprint density at radius 2 is 2.10 bits per heavy atom. The maximum atomic E-state index is 11.6. The summed E-state index contributed by atoms with van der Waals surface area (Å²) in [6, 6.07) is 0. The number of rotatable bonds is 3. The highest BCUT2D eigenvalue weighted by Crippen LogP contribution is 2.35. The highest BCUT2D eigenvalue weighted by atomic mass is 16.6. The molecular formula is C15H24N2O3. The first kappa shape index (κ1) is 15.0. The quantitative estimate of drug-likeness (QED) is 0.780. The van der Waals surface area contributed by atoms with E-state index < -0.39 is 17.9 Å². The van der Waals surface area contributed by atoms with Gasteiger partial charge in [0.15, 0.2) is 6.23 Å². The number of hydrogen-bond donors (Lipinski definition) is 2. The van der Waals surface area contributed by atoms with Crippen molar-refractivity contribution in [1.82, 2.24) is 5.32 Å². The van der Waals surface area contributed by atoms with Crippen LogP contribution in [0.5, 0.6) is 0 Å². The molecule has 0 aromatic heterocycles. The minimum atomic E-state index is -0.825. The molecule has 112 valence electrons. The predicted octanol–water partition coefficient (Wildman–Crippen LogP) is 2.40. The number of dihydropyridines is 1. The molecular weight excluding hydrogens is 256 g/mol. The molecule has 0 aromatic carbocycles. The van der Waals surface area contributed by atoms with Gasteiger partial charge in [-0.3, -0.25) is 4.99 Å². The van der Waals surface area contributed by atoms with Gasteiger partial charge in [-0.15, -0.1) is 0 Å². The van der Waals surface area contributed by atoms with Gasteiger partial charge in [-0.1, -0.05) is 5.57 Å². The van der Waals surface area contributed by atoms with E-state index in [9.17, 15) is 9.90 Å². The summed E-state index contributed by atoms with van der Waals surface area (Å²) in [4.78, 5) is 16.0. The zero-order chi connectivity index (χ0) is 14.9. The van der Waals surface area contributed by atoms with Gasteiger partial charge < -0.3 is 15.2 Å². The normalized spacial score (nSPS) is 23.4. The number of aliphatic hydroxyl groups is 1. The average Bonchev–Trinajstić information content (AvgIpc) is 3.08. The fourth-order valence-corrected chi connectivity index (χ4v) is 2.28. The number of carbonyl (C=O) groups excluding carboxylic acids is 1. The van der Waals surface area contributed by atoms with Crippen LogP contribution in [-0.2, 0) is 4.74 Å². The number of ether oxygens (including phenoxy) is 1. The molecule has 1 aliphatic heterocycles. The van der Waals surface area contributed by atoms with Crippen LogP contribution in [0.4, 0.5) is 4.79 Å². The second-order valence-electron chi connectivity index (χ2n) is 6.61. The Bertz CT molecular complexity index is 456. The van der Waals surface area contributed by atoms with E-state index in [2.05, 4.69) is 10.3 Å². The van der Waals surface area contributed by atoms with Gasteiger partial charge >= 0.3 is 6.09 Å². The Hall–Kier alpha value is -1.36. The van der Waals surface area contributed by atoms with Crippen molar-refractivity contribution in [2.24, 2.45) is 10.9 Å². The van der Waals surface area contributed by atoms with Crippen LogP contribution in [0.1, 0.15) is 47.0 Å². The molecule has 1 atom stereocenters. The minimum absolute atomic E-state index is 0.281. The molecule has 0 saturated heterocycles. The fourth-order valence-electron chi connectivity index (χ4n) is 2.28. The first-order valence-corrected chi connectivity index (χ1v) is 7.16. The van der Waals surface area contributed by atoms with Crippen LogP contribution in [0.25, 0.3) is 0 Å². The monoisotopic (exact) mass is 280 g/mol. The summed E-state index contributed by atoms with van der Waals surface area (Å²) in [6.45, 7) is 7.73. The van der Waals surface area contributed by atoms with E-state index in [0.717, 1.165) is 23.3 Å². The summed E-state index contributed by atoms with van der Waals surface area (Å²) in [5, 5.41) is 12.8. The molecule has 1 fully saturated rings. The Balaban J connectivity index is 1.89. The number of hydrogen-bond acceptors (Lipinski definition) is 4. The molecule has 5 nitrogen and oxygen atoms in total. The van der Waals surface area contributed by atoms with Gasteiger partial charge in [-0.25, -0.2) is 4.79 Å². The predicted molar refractivity (Wildman–Crippen MR) is 77.7 cm³/mol. The molecule has 1 unspecified atom stereocenters. The summed E-state index contributed by atoms with van der Waals surface area (Å²) >= 11 is 0. The highest BCUT2D eigenvalue weighted by molar-refractivity contribution is 5.91. The van der Waals surface area contributed by atoms with Gasteiger partial charge in [0.05, 0.1) is 0 Å². The van der Waals surface area contributed by atoms with Gasteiger partial charge in [-0.05, 0) is 52.0 Å². The summed E-state index contributed by atoms with van der Waals surface area (Å²) < 4.78 is 5.18. The number of nitrogens with one attached hydrogen (secondary N) is 1. The van der Waals surface area contributed by atoms with Crippen molar-refractivity contribution in [3.63, 3.8) is 0 Å². The Kier molecular flexibility index (Phi) is 4.18. The third-order valence-corrected chi connectivity index (χ3v) is 3.46. The first-order valence-electron chi connectivity index (χ1n) is 7.16. The Morgan fingerprint density at radius 3 is 2.60 bits per heavy atom. The molecule has 0 radical (unpaired) electrons. The van der Waals surface area contributed by atoms with Crippen LogP contribution < -0.4 is 5.32 Å². The lowest BCUT2D eigenvalue weighted by molar-refractivity contribution is 0.0529. The molecule has 2 N–H and O–H groups in total. The van der Waals surface area contributed by atoms with Crippen LogP contribution >= 0.6 is 0 Å². The van der Waals surface area contributed by atoms with Gasteiger partial charge in [0.25, 0.3) is 0 Å². The molecule has 0 spiro atoms. The van der Waals surface area contributed by atoms with Crippen molar-refractivity contribution in [2.45, 2.75) is 58.8 Å². The van der Waals surface area contributed by atoms with Crippen molar-refractivity contribution in [3.8, 4) is 0 Å². The van der Waals surface area contributed by atoms with Crippen LogP contribution in [0.3, 0.4) is 0 Å². The van der Waals surface area contributed by atoms with Crippen LogP contribution in [-0.4, -0.2) is 35.3 Å². The van der Waals surface area contributed by atoms with E-state index in [4.69, 9.17) is 4.74 Å². The summed E-state index contributed by atoms with van der Waals surface area (Å²) in [5.74, 6) is 0.569. The molecule has 1 aliphatic carbocycles. The lowest BCUT2D eigenvalue weighted by Gasteiger charge is -2.24. The van der Waals surface area contributed by atoms with Crippen molar-refractivity contribution in [3.05, 3.63) is 11.1 Å². The molecule has 2 aliphatic rings. The number of nitrogens with zero attached hydrogens (tertiary/aromatic N) is 1. The van der Waals surface area contributed by atoms with Crippen molar-refractivity contribution >= 4 is 11.8 Å². The van der Waals surface area contributed by atoms with Crippen LogP contribution in [0.15, 0.2) is 16.1 Å². The van der Waals surface area contributed by atoms with Gasteiger partial charge in [0.2, 0.25) is 0 Å². The number of allylic oxidation sites excluding steroid dienone is 1. The van der Waals surface area contributed by atoms with E-state index in [1.54, 1.807) is 0 Å². The molecule has 2 rings (SSSR count). The fraction of sp³-hybridized carbons (Fsp3) is 0.733. The van der Waals surface area contributed by atoms with Gasteiger partial charge in [0, 0.05) is 18.7 Å². The third-order valence-electron chi connectivity index (χ3n) is 3.46. The van der Waals surface area contributed by atoms with Gasteiger partial charge in [-0.2, -0.15) is 0 Å². The summed E-state index contributed by atoms with van der Waals surface area (Å²) in [5.41, 5.74) is 2.47. The molecule has 1 saturated carbocycles. The maximum absolute atomic E-state index is 11.6. The van der Waals surface area contributed by atoms with E-state index in [0.29, 0.717) is 5.92 Å². The first-order chi connectivity index (χ1) is 9.26. The van der Waals surface area contributed by atoms with E-state index >= 15 is 0 Å². The number of amides is 1. The lowest BCUT2D eigenvalue weighted by atomic mass is 9.97. The average molecular weight is 280 g/mol. The second kappa shape index (κ2) is 5.56. The zero-order valence-electron chi connectivity index (χ0n) is 12.7. The number of carbonyl (C=O) groups is 1. The second-order valence-corrected chi connectivity index (χ2v) is 6.61. The third kappa shape index (κ3) is 4.07. The zero-order valence-corrected chi connectivity index (χ0v) is 12.7. The van der Waals surface area contributed by atoms with Crippen LogP contribution in [0, 0.1) is 5.92 Å². The lowest BCUT2D eigenvalue weighted by Crippen LogP contribution is -2.36. The smallest absolute Gasteiger partial charge is 0.407 e. The molecule has 0 aromatic rings. The SMILES string of the molecule is CC1=C(CNC(=O)OC(C)(C)C)C(O)N=C(C2CC2)C1. The number of aliphatic imine (C=N–C) groups is 1. The molecule has 20 heavy (non-hydrogen) atoms. The van der Waals surface area contributed by atoms with Crippen LogP contribution in [0.2, 0.25) is 0 Å².